The van der Waals surface area contributed by atoms with Crippen molar-refractivity contribution in [3.8, 4) is 0 Å². The van der Waals surface area contributed by atoms with Crippen LogP contribution in [0.1, 0.15) is 200 Å². The summed E-state index contributed by atoms with van der Waals surface area (Å²) >= 11 is 0. The summed E-state index contributed by atoms with van der Waals surface area (Å²) < 4.78 is 59.1. The first kappa shape index (κ1) is 59.1. The van der Waals surface area contributed by atoms with Crippen molar-refractivity contribution in [3.63, 3.8) is 0 Å². The molecule has 0 aromatic carbocycles. The maximum absolute atomic E-state index is 12.9. The second-order valence-electron chi connectivity index (χ2n) is 17.0. The molecule has 12 nitrogen and oxygen atoms in total. The van der Waals surface area contributed by atoms with Gasteiger partial charge in [0, 0.05) is 13.0 Å². The van der Waals surface area contributed by atoms with Gasteiger partial charge in [-0.05, 0) is 70.6 Å². The number of hydrogen-bond donors (Lipinski definition) is 4. The third-order valence-electron chi connectivity index (χ3n) is 11.2. The highest BCUT2D eigenvalue weighted by atomic mass is 32.3. The summed E-state index contributed by atoms with van der Waals surface area (Å²) in [5.74, 6) is -0.407. The van der Waals surface area contributed by atoms with E-state index >= 15 is 0 Å². The standard InChI is InChI=1S/C50H90O12S/c1-3-5-7-9-11-13-15-16-17-18-19-20-21-22-23-24-25-26-27-28-29-31-33-35-37-39-46(52)60-44(42-58-40-38-36-34-32-30-14-12-10-8-6-4-2)43-59-50-48(54)49(62-63(55,56)57)47(53)45(41-51)61-50/h8,10,15-16,18-19,21-22,44-45,47-51,53-54H,3-7,9,11-14,17,20,23-43H2,1-2H3,(H,55,56,57)/b10-8-,16-15-,19-18-,22-21-. The quantitative estimate of drug-likeness (QED) is 0.0197. The monoisotopic (exact) mass is 915 g/mol. The Morgan fingerprint density at radius 1 is 0.603 bits per heavy atom. The van der Waals surface area contributed by atoms with E-state index in [0.717, 1.165) is 70.6 Å². The summed E-state index contributed by atoms with van der Waals surface area (Å²) in [5, 5.41) is 30.7. The average Bonchev–Trinajstić information content (AvgIpc) is 3.26. The molecule has 1 heterocycles. The van der Waals surface area contributed by atoms with Crippen molar-refractivity contribution in [2.24, 2.45) is 0 Å². The van der Waals surface area contributed by atoms with Gasteiger partial charge in [-0.1, -0.05) is 172 Å². The van der Waals surface area contributed by atoms with Crippen LogP contribution in [0.25, 0.3) is 0 Å². The van der Waals surface area contributed by atoms with Crippen LogP contribution in [-0.4, -0.2) is 97.5 Å². The van der Waals surface area contributed by atoms with Crippen molar-refractivity contribution in [2.45, 2.75) is 237 Å². The fraction of sp³-hybridized carbons (Fsp3) is 0.820. The van der Waals surface area contributed by atoms with Gasteiger partial charge in [0.1, 0.15) is 30.5 Å². The Kier molecular flexibility index (Phi) is 38.9. The van der Waals surface area contributed by atoms with E-state index in [1.54, 1.807) is 0 Å². The molecule has 1 saturated heterocycles. The number of hydrogen-bond acceptors (Lipinski definition) is 11. The molecule has 0 aromatic rings. The number of aliphatic hydroxyl groups is 3. The Labute approximate surface area is 383 Å². The number of esters is 1. The largest absolute Gasteiger partial charge is 0.457 e. The minimum absolute atomic E-state index is 0.0294. The molecule has 0 amide bonds. The lowest BCUT2D eigenvalue weighted by Gasteiger charge is -2.41. The van der Waals surface area contributed by atoms with E-state index in [1.165, 1.54) is 103 Å². The minimum atomic E-state index is -5.06. The van der Waals surface area contributed by atoms with Gasteiger partial charge in [0.2, 0.25) is 0 Å². The lowest BCUT2D eigenvalue weighted by Crippen LogP contribution is -2.60. The molecule has 13 heteroatoms. The Morgan fingerprint density at radius 3 is 1.60 bits per heavy atom. The Bertz CT molecular complexity index is 1290. The van der Waals surface area contributed by atoms with Gasteiger partial charge < -0.3 is 34.3 Å². The maximum Gasteiger partial charge on any atom is 0.397 e. The second-order valence-corrected chi connectivity index (χ2v) is 18.1. The summed E-state index contributed by atoms with van der Waals surface area (Å²) in [4.78, 5) is 12.9. The number of ether oxygens (including phenoxy) is 4. The molecule has 0 bridgehead atoms. The van der Waals surface area contributed by atoms with Crippen LogP contribution in [0.4, 0.5) is 0 Å². The number of aliphatic hydroxyl groups excluding tert-OH is 3. The van der Waals surface area contributed by atoms with Crippen LogP contribution in [-0.2, 0) is 38.3 Å². The molecule has 368 valence electrons. The number of allylic oxidation sites excluding steroid dienone is 8. The van der Waals surface area contributed by atoms with Crippen molar-refractivity contribution in [1.29, 1.82) is 0 Å². The fourth-order valence-corrected chi connectivity index (χ4v) is 7.90. The normalized spacial score (nSPS) is 20.3. The van der Waals surface area contributed by atoms with Crippen LogP contribution in [0.15, 0.2) is 48.6 Å². The number of carbonyl (C=O) groups excluding carboxylic acids is 1. The number of rotatable bonds is 43. The van der Waals surface area contributed by atoms with Gasteiger partial charge in [0.25, 0.3) is 0 Å². The van der Waals surface area contributed by atoms with Gasteiger partial charge in [-0.3, -0.25) is 9.35 Å². The maximum atomic E-state index is 12.9. The lowest BCUT2D eigenvalue weighted by atomic mass is 9.99. The molecule has 1 fully saturated rings. The molecule has 0 spiro atoms. The summed E-state index contributed by atoms with van der Waals surface area (Å²) in [7, 11) is -5.06. The van der Waals surface area contributed by atoms with Gasteiger partial charge in [0.15, 0.2) is 6.29 Å². The molecular weight excluding hydrogens is 825 g/mol. The zero-order valence-electron chi connectivity index (χ0n) is 39.4. The summed E-state index contributed by atoms with van der Waals surface area (Å²) in [6, 6.07) is 0. The van der Waals surface area contributed by atoms with E-state index < -0.39 is 59.8 Å². The third kappa shape index (κ3) is 35.0. The predicted molar refractivity (Wildman–Crippen MR) is 253 cm³/mol. The van der Waals surface area contributed by atoms with Crippen molar-refractivity contribution in [1.82, 2.24) is 0 Å². The topological polar surface area (TPSA) is 178 Å². The average molecular weight is 915 g/mol. The van der Waals surface area contributed by atoms with E-state index in [1.807, 2.05) is 0 Å². The van der Waals surface area contributed by atoms with Crippen LogP contribution in [0.3, 0.4) is 0 Å². The molecule has 0 saturated carbocycles. The molecule has 6 unspecified atom stereocenters. The molecule has 0 radical (unpaired) electrons. The molecule has 1 aliphatic rings. The van der Waals surface area contributed by atoms with E-state index in [0.29, 0.717) is 13.0 Å². The molecular formula is C50H90O12S. The van der Waals surface area contributed by atoms with Crippen LogP contribution < -0.4 is 0 Å². The number of unbranched alkanes of at least 4 members (excludes halogenated alkanes) is 22. The van der Waals surface area contributed by atoms with Gasteiger partial charge in [0.05, 0.1) is 19.8 Å². The summed E-state index contributed by atoms with van der Waals surface area (Å²) in [5.41, 5.74) is 0. The van der Waals surface area contributed by atoms with Crippen LogP contribution in [0.2, 0.25) is 0 Å². The highest BCUT2D eigenvalue weighted by molar-refractivity contribution is 7.80. The van der Waals surface area contributed by atoms with Crippen molar-refractivity contribution < 1.29 is 56.2 Å². The van der Waals surface area contributed by atoms with Gasteiger partial charge in [-0.25, -0.2) is 4.18 Å². The van der Waals surface area contributed by atoms with Gasteiger partial charge >= 0.3 is 16.4 Å². The highest BCUT2D eigenvalue weighted by Crippen LogP contribution is 2.26. The first-order chi connectivity index (χ1) is 30.6. The first-order valence-corrected chi connectivity index (χ1v) is 26.3. The molecule has 1 aliphatic heterocycles. The molecule has 63 heavy (non-hydrogen) atoms. The zero-order valence-corrected chi connectivity index (χ0v) is 40.2. The van der Waals surface area contributed by atoms with Crippen molar-refractivity contribution in [2.75, 3.05) is 26.4 Å². The van der Waals surface area contributed by atoms with Crippen molar-refractivity contribution in [3.05, 3.63) is 48.6 Å². The Morgan fingerprint density at radius 2 is 1.08 bits per heavy atom. The van der Waals surface area contributed by atoms with Crippen LogP contribution in [0, 0.1) is 0 Å². The summed E-state index contributed by atoms with van der Waals surface area (Å²) in [6.45, 7) is 3.91. The SMILES string of the molecule is CCC/C=C\CCCCCCCCOCC(COC1OC(CO)C(O)C(OS(=O)(=O)O)C1O)OC(=O)CCCCCCCCCCCC/C=C\C/C=C\C/C=C\CCCCCCC. The second kappa shape index (κ2) is 41.5. The lowest BCUT2D eigenvalue weighted by molar-refractivity contribution is -0.301. The van der Waals surface area contributed by atoms with E-state index in [9.17, 15) is 28.5 Å². The van der Waals surface area contributed by atoms with Crippen molar-refractivity contribution >= 4 is 16.4 Å². The fourth-order valence-electron chi connectivity index (χ4n) is 7.39. The van der Waals surface area contributed by atoms with Gasteiger partial charge in [-0.2, -0.15) is 8.42 Å². The number of carbonyl (C=O) groups is 1. The smallest absolute Gasteiger partial charge is 0.397 e. The van der Waals surface area contributed by atoms with Crippen LogP contribution in [0.5, 0.6) is 0 Å². The molecule has 6 atom stereocenters. The molecule has 0 aliphatic carbocycles. The first-order valence-electron chi connectivity index (χ1n) is 24.9. The molecule has 0 aromatic heterocycles. The zero-order chi connectivity index (χ0) is 46.1. The molecule has 1 rings (SSSR count). The molecule has 4 N–H and O–H groups in total. The van der Waals surface area contributed by atoms with E-state index in [2.05, 4.69) is 66.6 Å². The Balaban J connectivity index is 2.32. The summed E-state index contributed by atoms with van der Waals surface area (Å²) in [6.07, 6.45) is 41.5. The third-order valence-corrected chi connectivity index (χ3v) is 11.6. The van der Waals surface area contributed by atoms with E-state index in [-0.39, 0.29) is 19.6 Å². The van der Waals surface area contributed by atoms with Crippen LogP contribution >= 0.6 is 0 Å². The highest BCUT2D eigenvalue weighted by Gasteiger charge is 2.48. The predicted octanol–water partition coefficient (Wildman–Crippen LogP) is 11.1. The minimum Gasteiger partial charge on any atom is -0.457 e. The Hall–Kier alpha value is -1.94. The van der Waals surface area contributed by atoms with Gasteiger partial charge in [-0.15, -0.1) is 0 Å². The van der Waals surface area contributed by atoms with E-state index in [4.69, 9.17) is 23.5 Å².